The van der Waals surface area contributed by atoms with E-state index in [4.69, 9.17) is 9.26 Å². The lowest BCUT2D eigenvalue weighted by molar-refractivity contribution is 0.0697. The van der Waals surface area contributed by atoms with Crippen molar-refractivity contribution in [3.8, 4) is 0 Å². The van der Waals surface area contributed by atoms with Gasteiger partial charge in [0.15, 0.2) is 0 Å². The van der Waals surface area contributed by atoms with Gasteiger partial charge in [0.1, 0.15) is 0 Å². The van der Waals surface area contributed by atoms with E-state index in [9.17, 15) is 4.79 Å². The molecule has 0 atom stereocenters. The Morgan fingerprint density at radius 1 is 1.27 bits per heavy atom. The predicted octanol–water partition coefficient (Wildman–Crippen LogP) is 1.25. The number of carboxylic acids is 1. The quantitative estimate of drug-likeness (QED) is 0.757. The zero-order chi connectivity index (χ0) is 11.7. The Hall–Kier alpha value is -0.818. The van der Waals surface area contributed by atoms with Crippen LogP contribution in [0.2, 0.25) is 0 Å². The molecule has 0 aliphatic carbocycles. The Balaban J connectivity index is 0.000000921. The lowest BCUT2D eigenvalue weighted by atomic mass is 10.1. The highest BCUT2D eigenvalue weighted by molar-refractivity contribution is 5.95. The first-order chi connectivity index (χ1) is 7.24. The molecule has 0 radical (unpaired) electrons. The monoisotopic (exact) mass is 224 g/mol. The number of benzene rings is 1. The Kier molecular flexibility index (Phi) is 8.02. The number of rotatable bonds is 4. The molecule has 15 heavy (non-hydrogen) atoms. The molecule has 0 saturated carbocycles. The van der Waals surface area contributed by atoms with Crippen molar-refractivity contribution in [2.75, 3.05) is 0 Å². The third-order valence-corrected chi connectivity index (χ3v) is 2.02. The Morgan fingerprint density at radius 2 is 1.80 bits per heavy atom. The number of carbonyl (C=O) groups is 1. The second kappa shape index (κ2) is 8.49. The highest BCUT2D eigenvalue weighted by atomic mass is 27.1. The van der Waals surface area contributed by atoms with Crippen LogP contribution >= 0.6 is 0 Å². The number of unbranched alkanes of at least 4 members (excludes halogenated alkanes) is 1. The topological polar surface area (TPSA) is 57.5 Å². The van der Waals surface area contributed by atoms with E-state index in [-0.39, 0.29) is 0 Å². The molecule has 0 spiro atoms. The van der Waals surface area contributed by atoms with Crippen molar-refractivity contribution < 1.29 is 14.1 Å². The van der Waals surface area contributed by atoms with Crippen molar-refractivity contribution in [1.82, 2.24) is 0 Å². The van der Waals surface area contributed by atoms with Crippen LogP contribution in [0.15, 0.2) is 24.3 Å². The van der Waals surface area contributed by atoms with Crippen LogP contribution in [0.5, 0.6) is 0 Å². The van der Waals surface area contributed by atoms with Gasteiger partial charge in [-0.25, -0.2) is 4.79 Å². The molecule has 0 bridgehead atoms. The second-order valence-electron chi connectivity index (χ2n) is 3.11. The summed E-state index contributed by atoms with van der Waals surface area (Å²) < 4.78 is 7.14. The highest BCUT2D eigenvalue weighted by Gasteiger charge is 2.00. The van der Waals surface area contributed by atoms with E-state index in [0.29, 0.717) is 22.2 Å². The van der Waals surface area contributed by atoms with Crippen LogP contribution in [0.3, 0.4) is 0 Å². The number of hydrogen-bond acceptors (Lipinski definition) is 2. The van der Waals surface area contributed by atoms with Gasteiger partial charge in [-0.05, 0) is 30.5 Å². The number of aryl methyl sites for hydroxylation is 1. The summed E-state index contributed by atoms with van der Waals surface area (Å²) in [5, 5.41) is 8.65. The number of hydrogen-bond donors (Lipinski definition) is 2. The fourth-order valence-corrected chi connectivity index (χ4v) is 1.19. The van der Waals surface area contributed by atoms with E-state index in [1.165, 1.54) is 12.0 Å². The summed E-state index contributed by atoms with van der Waals surface area (Å²) >= 11 is 0.306. The van der Waals surface area contributed by atoms with Crippen molar-refractivity contribution in [1.29, 1.82) is 0 Å². The normalized spacial score (nSPS) is 8.93. The zero-order valence-electron chi connectivity index (χ0n) is 9.23. The highest BCUT2D eigenvalue weighted by Crippen LogP contribution is 2.07. The minimum Gasteiger partial charge on any atom is -0.521 e. The largest absolute Gasteiger partial charge is 0.521 e. The van der Waals surface area contributed by atoms with Gasteiger partial charge in [-0.2, -0.15) is 0 Å². The first-order valence-corrected chi connectivity index (χ1v) is 5.90. The zero-order valence-corrected chi connectivity index (χ0v) is 11.2. The van der Waals surface area contributed by atoms with Gasteiger partial charge in [-0.3, -0.25) is 0 Å². The van der Waals surface area contributed by atoms with Gasteiger partial charge in [0.2, 0.25) is 0 Å². The molecule has 0 heterocycles. The maximum Gasteiger partial charge on any atom is 0.407 e. The number of aromatic carboxylic acids is 1. The molecule has 0 unspecified atom stereocenters. The third-order valence-electron chi connectivity index (χ3n) is 2.02. The van der Waals surface area contributed by atoms with Gasteiger partial charge in [0.25, 0.3) is 0 Å². The fourth-order valence-electron chi connectivity index (χ4n) is 1.19. The molecule has 0 aromatic heterocycles. The Labute approximate surface area is 98.5 Å². The van der Waals surface area contributed by atoms with E-state index in [1.54, 1.807) is 12.1 Å². The van der Waals surface area contributed by atoms with Crippen molar-refractivity contribution in [3.63, 3.8) is 0 Å². The van der Waals surface area contributed by atoms with E-state index < -0.39 is 5.97 Å². The van der Waals surface area contributed by atoms with Crippen LogP contribution in [0.4, 0.5) is 0 Å². The van der Waals surface area contributed by atoms with E-state index in [1.807, 2.05) is 12.1 Å². The molecular weight excluding hydrogens is 207 g/mol. The molecule has 0 saturated heterocycles. The molecule has 4 heteroatoms. The molecular formula is C11H17AlO3. The van der Waals surface area contributed by atoms with Gasteiger partial charge >= 0.3 is 22.6 Å². The average Bonchev–Trinajstić information content (AvgIpc) is 2.29. The summed E-state index contributed by atoms with van der Waals surface area (Å²) in [5.41, 5.74) is 1.58. The summed E-state index contributed by atoms with van der Waals surface area (Å²) in [7, 11) is 0. The smallest absolute Gasteiger partial charge is 0.407 e. The van der Waals surface area contributed by atoms with Crippen LogP contribution < -0.4 is 0 Å². The van der Waals surface area contributed by atoms with Crippen molar-refractivity contribution in [2.45, 2.75) is 26.2 Å². The van der Waals surface area contributed by atoms with Crippen LogP contribution in [0, 0.1) is 0 Å². The maximum absolute atomic E-state index is 10.5. The van der Waals surface area contributed by atoms with Crippen molar-refractivity contribution >= 4 is 22.6 Å². The van der Waals surface area contributed by atoms with Crippen molar-refractivity contribution in [2.24, 2.45) is 0 Å². The van der Waals surface area contributed by atoms with Gasteiger partial charge < -0.3 is 9.26 Å². The predicted molar refractivity (Wildman–Crippen MR) is 62.8 cm³/mol. The van der Waals surface area contributed by atoms with Gasteiger partial charge in [0, 0.05) is 0 Å². The molecule has 3 nitrogen and oxygen atoms in total. The summed E-state index contributed by atoms with van der Waals surface area (Å²) in [5.74, 6) is -0.859. The van der Waals surface area contributed by atoms with Gasteiger partial charge in [0.05, 0.1) is 5.56 Å². The molecule has 0 fully saturated rings. The summed E-state index contributed by atoms with van der Waals surface area (Å²) in [4.78, 5) is 10.5. The first kappa shape index (κ1) is 14.2. The molecule has 0 aliphatic heterocycles. The maximum atomic E-state index is 10.5. The van der Waals surface area contributed by atoms with E-state index in [2.05, 4.69) is 6.92 Å². The fraction of sp³-hybridized carbons (Fsp3) is 0.364. The van der Waals surface area contributed by atoms with E-state index in [0.717, 1.165) is 12.8 Å². The van der Waals surface area contributed by atoms with Crippen LogP contribution in [-0.4, -0.2) is 31.9 Å². The van der Waals surface area contributed by atoms with Gasteiger partial charge in [-0.1, -0.05) is 25.5 Å². The molecule has 0 aliphatic rings. The van der Waals surface area contributed by atoms with Crippen molar-refractivity contribution in [3.05, 3.63) is 35.4 Å². The molecule has 1 aromatic rings. The first-order valence-electron chi connectivity index (χ1n) is 5.01. The minimum atomic E-state index is -0.859. The van der Waals surface area contributed by atoms with Crippen LogP contribution in [0.1, 0.15) is 35.7 Å². The average molecular weight is 224 g/mol. The molecule has 0 amide bonds. The SMILES string of the molecule is CCCCc1ccc(C(=O)O)cc1.[OH][AlH2]. The number of carboxylic acid groups (broad SMARTS) is 1. The standard InChI is InChI=1S/C11H14O2.Al.H2O.2H/c1-2-3-4-9-5-7-10(8-6-9)11(12)13;;;;/h5-8H,2-4H2,1H3,(H,12,13);;1H2;;/q;+1;;;/p-1. The Morgan fingerprint density at radius 3 is 2.20 bits per heavy atom. The van der Waals surface area contributed by atoms with Crippen LogP contribution in [-0.2, 0) is 6.42 Å². The van der Waals surface area contributed by atoms with Gasteiger partial charge in [-0.15, -0.1) is 0 Å². The molecule has 1 aromatic carbocycles. The summed E-state index contributed by atoms with van der Waals surface area (Å²) in [6.07, 6.45) is 3.36. The lowest BCUT2D eigenvalue weighted by Crippen LogP contribution is -1.95. The minimum absolute atomic E-state index is 0.306. The molecule has 2 N–H and O–H groups in total. The molecule has 82 valence electrons. The summed E-state index contributed by atoms with van der Waals surface area (Å²) in [6.45, 7) is 2.14. The van der Waals surface area contributed by atoms with E-state index >= 15 is 0 Å². The summed E-state index contributed by atoms with van der Waals surface area (Å²) in [6, 6.07) is 7.10. The van der Waals surface area contributed by atoms with Crippen LogP contribution in [0.25, 0.3) is 0 Å². The third kappa shape index (κ3) is 5.58. The lowest BCUT2D eigenvalue weighted by Gasteiger charge is -1.99. The second-order valence-corrected chi connectivity index (χ2v) is 3.11. The molecule has 1 rings (SSSR count). The Bertz CT molecular complexity index is 282.